The van der Waals surface area contributed by atoms with Crippen molar-refractivity contribution in [2.45, 2.75) is 33.2 Å². The highest BCUT2D eigenvalue weighted by Gasteiger charge is 2.13. The van der Waals surface area contributed by atoms with Crippen LogP contribution in [0.5, 0.6) is 0 Å². The van der Waals surface area contributed by atoms with E-state index in [4.69, 9.17) is 5.84 Å². The smallest absolute Gasteiger partial charge is 0.240 e. The second-order valence-electron chi connectivity index (χ2n) is 4.53. The number of nitrogen functional groups attached to an aromatic ring is 1. The first-order chi connectivity index (χ1) is 9.67. The highest BCUT2D eigenvalue weighted by Crippen LogP contribution is 2.30. The van der Waals surface area contributed by atoms with Crippen molar-refractivity contribution in [1.29, 1.82) is 0 Å². The lowest BCUT2D eigenvalue weighted by Crippen LogP contribution is -2.20. The van der Waals surface area contributed by atoms with Crippen LogP contribution in [0.15, 0.2) is 6.07 Å². The highest BCUT2D eigenvalue weighted by molar-refractivity contribution is 7.99. The molecule has 0 aliphatic carbocycles. The molecule has 20 heavy (non-hydrogen) atoms. The number of hydrogen-bond acceptors (Lipinski definition) is 7. The number of hydrogen-bond donors (Lipinski definition) is 3. The van der Waals surface area contributed by atoms with Crippen LogP contribution in [0.25, 0.3) is 10.2 Å². The number of nitrogens with zero attached hydrogens (tertiary/aromatic N) is 2. The molecule has 2 rings (SSSR count). The normalized spacial score (nSPS) is 12.6. The van der Waals surface area contributed by atoms with Gasteiger partial charge in [-0.25, -0.2) is 10.8 Å². The molecule has 0 spiro atoms. The van der Waals surface area contributed by atoms with Crippen LogP contribution in [0.2, 0.25) is 0 Å². The van der Waals surface area contributed by atoms with Gasteiger partial charge in [-0.3, -0.25) is 5.43 Å². The molecule has 2 heterocycles. The first-order valence-corrected chi connectivity index (χ1v) is 8.76. The highest BCUT2D eigenvalue weighted by atomic mass is 32.2. The molecule has 5 nitrogen and oxygen atoms in total. The molecule has 4 N–H and O–H groups in total. The van der Waals surface area contributed by atoms with Gasteiger partial charge in [0.1, 0.15) is 10.6 Å². The zero-order valence-corrected chi connectivity index (χ0v) is 13.7. The largest absolute Gasteiger partial charge is 0.366 e. The molecular formula is C13H21N5S2. The SMILES string of the molecule is CCSCC(C)Nc1nc(NN)nc2sc(CC)cc12. The van der Waals surface area contributed by atoms with E-state index in [-0.39, 0.29) is 0 Å². The Morgan fingerprint density at radius 3 is 2.85 bits per heavy atom. The van der Waals surface area contributed by atoms with Crippen LogP contribution in [0.1, 0.15) is 25.6 Å². The predicted octanol–water partition coefficient (Wildman–Crippen LogP) is 3.09. The summed E-state index contributed by atoms with van der Waals surface area (Å²) in [6, 6.07) is 2.52. The third kappa shape index (κ3) is 3.53. The maximum absolute atomic E-state index is 5.46. The summed E-state index contributed by atoms with van der Waals surface area (Å²) in [7, 11) is 0. The second-order valence-corrected chi connectivity index (χ2v) is 6.96. The average Bonchev–Trinajstić information content (AvgIpc) is 2.88. The van der Waals surface area contributed by atoms with Crippen molar-refractivity contribution in [3.63, 3.8) is 0 Å². The molecular weight excluding hydrogens is 290 g/mol. The zero-order valence-electron chi connectivity index (χ0n) is 12.1. The van der Waals surface area contributed by atoms with Crippen molar-refractivity contribution < 1.29 is 0 Å². The van der Waals surface area contributed by atoms with Crippen molar-refractivity contribution in [3.05, 3.63) is 10.9 Å². The van der Waals surface area contributed by atoms with Gasteiger partial charge in [-0.05, 0) is 25.2 Å². The third-order valence-corrected chi connectivity index (χ3v) is 5.19. The Kier molecular flexibility index (Phi) is 5.45. The summed E-state index contributed by atoms with van der Waals surface area (Å²) in [5.74, 6) is 8.96. The molecule has 0 aromatic carbocycles. The van der Waals surface area contributed by atoms with Crippen LogP contribution < -0.4 is 16.6 Å². The van der Waals surface area contributed by atoms with Crippen LogP contribution in [-0.2, 0) is 6.42 Å². The minimum atomic E-state index is 0.355. The Morgan fingerprint density at radius 2 is 2.20 bits per heavy atom. The number of nitrogens with two attached hydrogens (primary N) is 1. The summed E-state index contributed by atoms with van der Waals surface area (Å²) in [6.07, 6.45) is 1.01. The Hall–Kier alpha value is -1.05. The lowest BCUT2D eigenvalue weighted by molar-refractivity contribution is 0.903. The van der Waals surface area contributed by atoms with Gasteiger partial charge in [0.25, 0.3) is 0 Å². The maximum atomic E-state index is 5.46. The van der Waals surface area contributed by atoms with Crippen LogP contribution in [0, 0.1) is 0 Å². The van der Waals surface area contributed by atoms with E-state index in [9.17, 15) is 0 Å². The van der Waals surface area contributed by atoms with Gasteiger partial charge in [0.2, 0.25) is 5.95 Å². The molecule has 2 aromatic heterocycles. The molecule has 0 radical (unpaired) electrons. The van der Waals surface area contributed by atoms with Gasteiger partial charge in [0.15, 0.2) is 0 Å². The fourth-order valence-electron chi connectivity index (χ4n) is 1.89. The lowest BCUT2D eigenvalue weighted by Gasteiger charge is -2.15. The number of thiophene rings is 1. The first-order valence-electron chi connectivity index (χ1n) is 6.79. The summed E-state index contributed by atoms with van der Waals surface area (Å²) >= 11 is 3.61. The van der Waals surface area contributed by atoms with Gasteiger partial charge in [-0.1, -0.05) is 13.8 Å². The average molecular weight is 311 g/mol. The van der Waals surface area contributed by atoms with Crippen LogP contribution >= 0.6 is 23.1 Å². The number of thioether (sulfide) groups is 1. The Morgan fingerprint density at radius 1 is 1.40 bits per heavy atom. The second kappa shape index (κ2) is 7.10. The molecule has 7 heteroatoms. The standard InChI is InChI=1S/C13H21N5S2/c1-4-9-6-10-11(15-8(3)7-19-5-2)16-13(18-14)17-12(10)20-9/h6,8H,4-5,7,14H2,1-3H3,(H2,15,16,17,18). The molecule has 0 saturated heterocycles. The molecule has 2 aromatic rings. The Labute approximate surface area is 127 Å². The lowest BCUT2D eigenvalue weighted by atomic mass is 10.3. The van der Waals surface area contributed by atoms with Crippen molar-refractivity contribution in [1.82, 2.24) is 9.97 Å². The van der Waals surface area contributed by atoms with E-state index < -0.39 is 0 Å². The van der Waals surface area contributed by atoms with Gasteiger partial charge >= 0.3 is 0 Å². The van der Waals surface area contributed by atoms with Crippen LogP contribution in [0.3, 0.4) is 0 Å². The van der Waals surface area contributed by atoms with E-state index in [0.29, 0.717) is 12.0 Å². The fraction of sp³-hybridized carbons (Fsp3) is 0.538. The Bertz CT molecular complexity index is 569. The number of fused-ring (bicyclic) bond motifs is 1. The third-order valence-electron chi connectivity index (χ3n) is 2.88. The summed E-state index contributed by atoms with van der Waals surface area (Å²) in [5.41, 5.74) is 2.54. The number of hydrazine groups is 1. The summed E-state index contributed by atoms with van der Waals surface area (Å²) in [5, 5.41) is 4.55. The monoisotopic (exact) mass is 311 g/mol. The van der Waals surface area contributed by atoms with Crippen LogP contribution in [-0.4, -0.2) is 27.5 Å². The van der Waals surface area contributed by atoms with Gasteiger partial charge in [0.05, 0.1) is 5.39 Å². The van der Waals surface area contributed by atoms with Crippen molar-refractivity contribution in [3.8, 4) is 0 Å². The minimum absolute atomic E-state index is 0.355. The van der Waals surface area contributed by atoms with E-state index in [0.717, 1.165) is 34.0 Å². The molecule has 110 valence electrons. The van der Waals surface area contributed by atoms with E-state index in [1.165, 1.54) is 4.88 Å². The summed E-state index contributed by atoms with van der Waals surface area (Å²) in [4.78, 5) is 11.2. The van der Waals surface area contributed by atoms with Gasteiger partial charge in [-0.2, -0.15) is 16.7 Å². The number of anilines is 2. The quantitative estimate of drug-likeness (QED) is 0.539. The number of rotatable bonds is 7. The number of aryl methyl sites for hydroxylation is 1. The molecule has 0 bridgehead atoms. The molecule has 0 fully saturated rings. The molecule has 0 aliphatic heterocycles. The molecule has 0 aliphatic rings. The maximum Gasteiger partial charge on any atom is 0.240 e. The van der Waals surface area contributed by atoms with Crippen molar-refractivity contribution in [2.75, 3.05) is 22.2 Å². The summed E-state index contributed by atoms with van der Waals surface area (Å²) in [6.45, 7) is 6.48. The Balaban J connectivity index is 2.31. The summed E-state index contributed by atoms with van der Waals surface area (Å²) < 4.78 is 0. The molecule has 1 atom stereocenters. The fourth-order valence-corrected chi connectivity index (χ4v) is 3.53. The molecule has 0 saturated carbocycles. The molecule has 1 unspecified atom stereocenters. The van der Waals surface area contributed by atoms with Gasteiger partial charge < -0.3 is 5.32 Å². The van der Waals surface area contributed by atoms with Gasteiger partial charge in [-0.15, -0.1) is 11.3 Å². The van der Waals surface area contributed by atoms with Crippen molar-refractivity contribution in [2.24, 2.45) is 5.84 Å². The van der Waals surface area contributed by atoms with E-state index >= 15 is 0 Å². The van der Waals surface area contributed by atoms with E-state index in [2.05, 4.69) is 47.5 Å². The predicted molar refractivity (Wildman–Crippen MR) is 90.7 cm³/mol. The molecule has 0 amide bonds. The van der Waals surface area contributed by atoms with Crippen LogP contribution in [0.4, 0.5) is 11.8 Å². The van der Waals surface area contributed by atoms with Gasteiger partial charge in [0, 0.05) is 16.7 Å². The zero-order chi connectivity index (χ0) is 14.5. The first kappa shape index (κ1) is 15.3. The van der Waals surface area contributed by atoms with E-state index in [1.54, 1.807) is 11.3 Å². The van der Waals surface area contributed by atoms with Crippen molar-refractivity contribution >= 4 is 45.1 Å². The van der Waals surface area contributed by atoms with E-state index in [1.807, 2.05) is 11.8 Å². The minimum Gasteiger partial charge on any atom is -0.366 e. The number of aromatic nitrogens is 2. The number of nitrogens with one attached hydrogen (secondary N) is 2. The topological polar surface area (TPSA) is 75.9 Å².